The molecule has 3 aromatic carbocycles. The van der Waals surface area contributed by atoms with Gasteiger partial charge in [-0.15, -0.1) is 0 Å². The molecule has 1 amide bonds. The highest BCUT2D eigenvalue weighted by Crippen LogP contribution is 2.42. The van der Waals surface area contributed by atoms with Crippen LogP contribution in [0.5, 0.6) is 0 Å². The number of nitrogens with one attached hydrogen (secondary N) is 1. The molecule has 2 aliphatic rings. The van der Waals surface area contributed by atoms with Crippen LogP contribution in [0.3, 0.4) is 0 Å². The first kappa shape index (κ1) is 31.8. The van der Waals surface area contributed by atoms with Gasteiger partial charge in [0, 0.05) is 63.1 Å². The highest BCUT2D eigenvalue weighted by atomic mass is 16.7. The molecule has 0 radical (unpaired) electrons. The minimum Gasteiger partial charge on any atom is -0.392 e. The number of fused-ring (bicyclic) bond motifs is 1. The maximum Gasteiger partial charge on any atom is 0.271 e. The molecule has 2 aliphatic heterocycles. The second kappa shape index (κ2) is 14.5. The van der Waals surface area contributed by atoms with E-state index < -0.39 is 6.29 Å². The number of aliphatic hydroxyl groups is 1. The van der Waals surface area contributed by atoms with E-state index in [-0.39, 0.29) is 36.3 Å². The summed E-state index contributed by atoms with van der Waals surface area (Å²) in [5, 5.41) is 12.5. The topological polar surface area (TPSA) is 126 Å². The summed E-state index contributed by atoms with van der Waals surface area (Å²) in [6, 6.07) is 25.3. The van der Waals surface area contributed by atoms with Gasteiger partial charge in [-0.05, 0) is 34.9 Å². The van der Waals surface area contributed by atoms with E-state index in [9.17, 15) is 9.90 Å². The van der Waals surface area contributed by atoms with Crippen LogP contribution in [-0.4, -0.2) is 74.7 Å². The van der Waals surface area contributed by atoms with Gasteiger partial charge in [-0.1, -0.05) is 67.6 Å². The molecule has 0 bridgehead atoms. The van der Waals surface area contributed by atoms with Crippen molar-refractivity contribution in [1.82, 2.24) is 30.2 Å². The van der Waals surface area contributed by atoms with E-state index in [1.54, 1.807) is 12.4 Å². The molecule has 0 saturated carbocycles. The number of rotatable bonds is 9. The number of carbonyl (C=O) groups excluding carboxylic acids is 1. The van der Waals surface area contributed by atoms with E-state index in [1.807, 2.05) is 78.9 Å². The van der Waals surface area contributed by atoms with Crippen molar-refractivity contribution in [2.45, 2.75) is 38.6 Å². The molecular weight excluding hydrogens is 606 g/mol. The number of aliphatic hydroxyl groups excluding tert-OH is 1. The summed E-state index contributed by atoms with van der Waals surface area (Å²) < 4.78 is 13.4. The van der Waals surface area contributed by atoms with Gasteiger partial charge in [0.2, 0.25) is 5.95 Å². The van der Waals surface area contributed by atoms with Crippen LogP contribution in [0.25, 0.3) is 11.0 Å². The Hall–Kier alpha value is -4.81. The van der Waals surface area contributed by atoms with Crippen LogP contribution >= 0.6 is 0 Å². The Morgan fingerprint density at radius 3 is 2.25 bits per heavy atom. The number of carbonyl (C=O) groups is 1. The zero-order valence-electron chi connectivity index (χ0n) is 26.9. The molecule has 0 unspecified atom stereocenters. The maximum absolute atomic E-state index is 12.8. The number of hydrogen-bond donors (Lipinski definition) is 2. The standard InChI is InChI=1S/C37H39N7O4/c1-25-33(23-43-17-19-44(20-18-43)37-38-15-4-16-39-37)47-36(48-34(25)28-11-9-27(24-45)10-12-28)29-13-7-26(8-14-29)21-41-35(46)32-22-40-30-5-2-3-6-31(30)42-32/h2-16,22,25,33-34,36,45H,17-21,23-24H2,1H3,(H,41,46)/t25-,33+,34+,36+/m0/s1. The van der Waals surface area contributed by atoms with Gasteiger partial charge in [-0.2, -0.15) is 0 Å². The molecule has 2 fully saturated rings. The number of hydrogen-bond acceptors (Lipinski definition) is 10. The Balaban J connectivity index is 1.03. The van der Waals surface area contributed by atoms with Crippen molar-refractivity contribution >= 4 is 22.9 Å². The van der Waals surface area contributed by atoms with Crippen molar-refractivity contribution in [1.29, 1.82) is 0 Å². The fourth-order valence-electron chi connectivity index (χ4n) is 6.30. The van der Waals surface area contributed by atoms with E-state index in [1.165, 1.54) is 6.20 Å². The zero-order chi connectivity index (χ0) is 32.9. The average molecular weight is 646 g/mol. The summed E-state index contributed by atoms with van der Waals surface area (Å²) in [5.41, 5.74) is 5.48. The monoisotopic (exact) mass is 645 g/mol. The lowest BCUT2D eigenvalue weighted by Crippen LogP contribution is -2.51. The fraction of sp³-hybridized carbons (Fsp3) is 0.324. The third-order valence-electron chi connectivity index (χ3n) is 9.15. The molecule has 0 spiro atoms. The van der Waals surface area contributed by atoms with Crippen molar-refractivity contribution in [3.63, 3.8) is 0 Å². The SMILES string of the molecule is C[C@H]1[C@@H](CN2CCN(c3ncccn3)CC2)O[C@@H](c2ccc(CNC(=O)c3cnc4ccccc4n3)cc2)O[C@H]1c1ccc(CO)cc1. The van der Waals surface area contributed by atoms with Gasteiger partial charge in [0.15, 0.2) is 6.29 Å². The molecule has 246 valence electrons. The lowest BCUT2D eigenvalue weighted by molar-refractivity contribution is -0.276. The van der Waals surface area contributed by atoms with Crippen molar-refractivity contribution in [2.75, 3.05) is 37.6 Å². The summed E-state index contributed by atoms with van der Waals surface area (Å²) in [6.45, 7) is 6.78. The van der Waals surface area contributed by atoms with Gasteiger partial charge in [-0.25, -0.2) is 15.0 Å². The molecule has 11 heteroatoms. The maximum atomic E-state index is 12.8. The van der Waals surface area contributed by atoms with Crippen LogP contribution in [0.15, 0.2) is 97.5 Å². The normalized spacial score (nSPS) is 21.7. The Morgan fingerprint density at radius 1 is 0.833 bits per heavy atom. The van der Waals surface area contributed by atoms with Crippen LogP contribution in [0.2, 0.25) is 0 Å². The number of benzene rings is 3. The first-order valence-corrected chi connectivity index (χ1v) is 16.4. The second-order valence-electron chi connectivity index (χ2n) is 12.3. The smallest absolute Gasteiger partial charge is 0.271 e. The molecule has 2 saturated heterocycles. The number of piperazine rings is 1. The van der Waals surface area contributed by atoms with Gasteiger partial charge in [-0.3, -0.25) is 14.7 Å². The molecule has 4 atom stereocenters. The molecule has 11 nitrogen and oxygen atoms in total. The summed E-state index contributed by atoms with van der Waals surface area (Å²) in [6.07, 6.45) is 4.23. The molecule has 4 heterocycles. The molecule has 0 aliphatic carbocycles. The van der Waals surface area contributed by atoms with Crippen LogP contribution in [0, 0.1) is 5.92 Å². The number of aromatic nitrogens is 4. The number of amides is 1. The van der Waals surface area contributed by atoms with Gasteiger partial charge >= 0.3 is 0 Å². The zero-order valence-corrected chi connectivity index (χ0v) is 26.9. The van der Waals surface area contributed by atoms with Gasteiger partial charge in [0.05, 0.1) is 36.0 Å². The summed E-state index contributed by atoms with van der Waals surface area (Å²) in [4.78, 5) is 35.1. The fourth-order valence-corrected chi connectivity index (χ4v) is 6.30. The highest BCUT2D eigenvalue weighted by Gasteiger charge is 2.39. The third kappa shape index (κ3) is 7.19. The molecule has 2 aromatic heterocycles. The number of ether oxygens (including phenoxy) is 2. The van der Waals surface area contributed by atoms with E-state index in [4.69, 9.17) is 9.47 Å². The average Bonchev–Trinajstić information content (AvgIpc) is 3.15. The first-order valence-electron chi connectivity index (χ1n) is 16.4. The predicted molar refractivity (Wildman–Crippen MR) is 181 cm³/mol. The Kier molecular flexibility index (Phi) is 9.62. The minimum atomic E-state index is -0.566. The van der Waals surface area contributed by atoms with E-state index in [0.29, 0.717) is 12.1 Å². The van der Waals surface area contributed by atoms with Crippen molar-refractivity contribution in [3.8, 4) is 0 Å². The van der Waals surface area contributed by atoms with Crippen molar-refractivity contribution < 1.29 is 19.4 Å². The first-order chi connectivity index (χ1) is 23.5. The predicted octanol–water partition coefficient (Wildman–Crippen LogP) is 4.46. The van der Waals surface area contributed by atoms with E-state index in [2.05, 4.69) is 42.0 Å². The second-order valence-corrected chi connectivity index (χ2v) is 12.3. The molecule has 2 N–H and O–H groups in total. The number of para-hydroxylation sites is 2. The summed E-state index contributed by atoms with van der Waals surface area (Å²) in [5.74, 6) is 0.578. The molecule has 7 rings (SSSR count). The van der Waals surface area contributed by atoms with Crippen molar-refractivity contribution in [3.05, 3.63) is 125 Å². The lowest BCUT2D eigenvalue weighted by atomic mass is 9.90. The Labute approximate surface area is 279 Å². The molecule has 5 aromatic rings. The molecule has 48 heavy (non-hydrogen) atoms. The summed E-state index contributed by atoms with van der Waals surface area (Å²) in [7, 11) is 0. The van der Waals surface area contributed by atoms with Gasteiger partial charge in [0.25, 0.3) is 5.91 Å². The largest absolute Gasteiger partial charge is 0.392 e. The Morgan fingerprint density at radius 2 is 1.52 bits per heavy atom. The third-order valence-corrected chi connectivity index (χ3v) is 9.15. The van der Waals surface area contributed by atoms with E-state index >= 15 is 0 Å². The van der Waals surface area contributed by atoms with Crippen LogP contribution in [-0.2, 0) is 22.6 Å². The lowest BCUT2D eigenvalue weighted by Gasteiger charge is -2.44. The van der Waals surface area contributed by atoms with Crippen molar-refractivity contribution in [2.24, 2.45) is 5.92 Å². The van der Waals surface area contributed by atoms with E-state index in [0.717, 1.165) is 66.4 Å². The van der Waals surface area contributed by atoms with Crippen LogP contribution in [0.1, 0.15) is 52.1 Å². The minimum absolute atomic E-state index is 0.00181. The summed E-state index contributed by atoms with van der Waals surface area (Å²) >= 11 is 0. The van der Waals surface area contributed by atoms with Crippen LogP contribution < -0.4 is 10.2 Å². The highest BCUT2D eigenvalue weighted by molar-refractivity contribution is 5.93. The number of nitrogens with zero attached hydrogens (tertiary/aromatic N) is 6. The quantitative estimate of drug-likeness (QED) is 0.237. The van der Waals surface area contributed by atoms with Gasteiger partial charge < -0.3 is 24.8 Å². The van der Waals surface area contributed by atoms with Crippen LogP contribution in [0.4, 0.5) is 5.95 Å². The number of anilines is 1. The molecular formula is C37H39N7O4. The van der Waals surface area contributed by atoms with Gasteiger partial charge in [0.1, 0.15) is 5.69 Å². The Bertz CT molecular complexity index is 1820.